The summed E-state index contributed by atoms with van der Waals surface area (Å²) in [6.07, 6.45) is 39.4. The predicted octanol–water partition coefficient (Wildman–Crippen LogP) is 12.7. The Balaban J connectivity index is 3.99. The predicted molar refractivity (Wildman–Crippen MR) is 214 cm³/mol. The molecule has 0 bridgehead atoms. The molecule has 50 heavy (non-hydrogen) atoms. The van der Waals surface area contributed by atoms with Crippen LogP contribution in [0, 0.1) is 0 Å². The molecule has 0 aromatic carbocycles. The molecule has 0 rings (SSSR count). The highest BCUT2D eigenvalue weighted by Crippen LogP contribution is 2.16. The summed E-state index contributed by atoms with van der Waals surface area (Å²) in [6, 6.07) is 0. The zero-order valence-electron chi connectivity index (χ0n) is 34.5. The first-order chi connectivity index (χ1) is 24.3. The molecular formula is C44H88NO5+. The fourth-order valence-electron chi connectivity index (χ4n) is 6.45. The third kappa shape index (κ3) is 39.6. The van der Waals surface area contributed by atoms with Gasteiger partial charge in [-0.3, -0.25) is 9.59 Å². The van der Waals surface area contributed by atoms with Gasteiger partial charge in [0.1, 0.15) is 13.2 Å². The molecule has 0 radical (unpaired) electrons. The first-order valence-corrected chi connectivity index (χ1v) is 22.0. The number of hydrogen-bond acceptors (Lipinski definition) is 5. The normalized spacial score (nSPS) is 12.3. The number of carbonyl (C=O) groups is 2. The molecule has 0 aromatic rings. The molecule has 6 heteroatoms. The van der Waals surface area contributed by atoms with Crippen molar-refractivity contribution in [2.45, 2.75) is 225 Å². The van der Waals surface area contributed by atoms with E-state index in [-0.39, 0.29) is 25.2 Å². The molecule has 0 aromatic heterocycles. The van der Waals surface area contributed by atoms with E-state index in [1.807, 2.05) is 0 Å². The van der Waals surface area contributed by atoms with Crippen LogP contribution >= 0.6 is 0 Å². The maximum atomic E-state index is 12.6. The van der Waals surface area contributed by atoms with E-state index < -0.39 is 6.10 Å². The highest BCUT2D eigenvalue weighted by Gasteiger charge is 2.18. The standard InChI is InChI=1S/C44H88NO5/c1-6-8-10-12-14-16-18-20-22-24-26-28-30-32-34-36-43(46)49-41-42(40-48-39-38-45(3,4)5)50-44(47)37-35-33-31-29-27-25-23-21-19-17-15-13-11-9-7-2/h42H,6-41H2,1-5H3/q+1/t42-/m0/s1. The highest BCUT2D eigenvalue weighted by molar-refractivity contribution is 5.70. The summed E-state index contributed by atoms with van der Waals surface area (Å²) in [7, 11) is 6.37. The van der Waals surface area contributed by atoms with Crippen molar-refractivity contribution in [1.82, 2.24) is 0 Å². The van der Waals surface area contributed by atoms with Gasteiger partial charge in [0.15, 0.2) is 6.10 Å². The quantitative estimate of drug-likeness (QED) is 0.0360. The van der Waals surface area contributed by atoms with Crippen molar-refractivity contribution in [3.8, 4) is 0 Å². The van der Waals surface area contributed by atoms with E-state index in [1.54, 1.807) is 0 Å². The summed E-state index contributed by atoms with van der Waals surface area (Å²) in [5, 5.41) is 0. The molecule has 0 spiro atoms. The molecule has 0 aliphatic rings. The summed E-state index contributed by atoms with van der Waals surface area (Å²) < 4.78 is 17.9. The van der Waals surface area contributed by atoms with Crippen LogP contribution in [0.15, 0.2) is 0 Å². The molecule has 1 atom stereocenters. The van der Waals surface area contributed by atoms with Crippen LogP contribution in [0.4, 0.5) is 0 Å². The van der Waals surface area contributed by atoms with Gasteiger partial charge in [0, 0.05) is 12.8 Å². The number of hydrogen-bond donors (Lipinski definition) is 0. The van der Waals surface area contributed by atoms with Crippen LogP contribution in [0.3, 0.4) is 0 Å². The van der Waals surface area contributed by atoms with Gasteiger partial charge in [-0.1, -0.05) is 194 Å². The number of quaternary nitrogens is 1. The Hall–Kier alpha value is -1.14. The van der Waals surface area contributed by atoms with Crippen molar-refractivity contribution in [2.75, 3.05) is 47.5 Å². The van der Waals surface area contributed by atoms with Crippen LogP contribution in [-0.4, -0.2) is 70.0 Å². The summed E-state index contributed by atoms with van der Waals surface area (Å²) >= 11 is 0. The van der Waals surface area contributed by atoms with E-state index in [4.69, 9.17) is 14.2 Å². The topological polar surface area (TPSA) is 61.8 Å². The summed E-state index contributed by atoms with van der Waals surface area (Å²) in [5.41, 5.74) is 0. The van der Waals surface area contributed by atoms with E-state index in [1.165, 1.54) is 167 Å². The number of esters is 2. The lowest BCUT2D eigenvalue weighted by atomic mass is 10.0. The zero-order chi connectivity index (χ0) is 36.8. The summed E-state index contributed by atoms with van der Waals surface area (Å²) in [6.45, 7) is 6.33. The first kappa shape index (κ1) is 48.9. The fraction of sp³-hybridized carbons (Fsp3) is 0.955. The second kappa shape index (κ2) is 37.6. The Morgan fingerprint density at radius 3 is 1.10 bits per heavy atom. The zero-order valence-corrected chi connectivity index (χ0v) is 34.5. The van der Waals surface area contributed by atoms with Crippen molar-refractivity contribution in [2.24, 2.45) is 0 Å². The third-order valence-electron chi connectivity index (χ3n) is 9.91. The lowest BCUT2D eigenvalue weighted by Gasteiger charge is -2.24. The van der Waals surface area contributed by atoms with Gasteiger partial charge in [-0.2, -0.15) is 0 Å². The number of unbranched alkanes of at least 4 members (excludes halogenated alkanes) is 28. The minimum atomic E-state index is -0.545. The molecule has 0 N–H and O–H groups in total. The SMILES string of the molecule is CCCCCCCCCCCCCCCCCC(=O)OC[C@H](COCC[N+](C)(C)C)OC(=O)CCCCCCCCCCCCCCCCC. The van der Waals surface area contributed by atoms with Gasteiger partial charge < -0.3 is 18.7 Å². The summed E-state index contributed by atoms with van der Waals surface area (Å²) in [4.78, 5) is 25.1. The van der Waals surface area contributed by atoms with E-state index in [0.717, 1.165) is 36.7 Å². The number of ether oxygens (including phenoxy) is 3. The molecule has 0 amide bonds. The lowest BCUT2D eigenvalue weighted by molar-refractivity contribution is -0.870. The van der Waals surface area contributed by atoms with Gasteiger partial charge in [-0.15, -0.1) is 0 Å². The molecule has 6 nitrogen and oxygen atoms in total. The van der Waals surface area contributed by atoms with Gasteiger partial charge in [-0.25, -0.2) is 0 Å². The van der Waals surface area contributed by atoms with Gasteiger partial charge in [0.25, 0.3) is 0 Å². The minimum absolute atomic E-state index is 0.0759. The first-order valence-electron chi connectivity index (χ1n) is 22.0. The van der Waals surface area contributed by atoms with Crippen molar-refractivity contribution in [1.29, 1.82) is 0 Å². The van der Waals surface area contributed by atoms with Gasteiger partial charge in [0.2, 0.25) is 0 Å². The molecule has 0 aliphatic heterocycles. The number of rotatable bonds is 40. The largest absolute Gasteiger partial charge is 0.462 e. The molecule has 0 heterocycles. The fourth-order valence-corrected chi connectivity index (χ4v) is 6.45. The van der Waals surface area contributed by atoms with Crippen LogP contribution < -0.4 is 0 Å². The Morgan fingerprint density at radius 1 is 0.440 bits per heavy atom. The third-order valence-corrected chi connectivity index (χ3v) is 9.91. The maximum absolute atomic E-state index is 12.6. The van der Waals surface area contributed by atoms with Crippen molar-refractivity contribution in [3.63, 3.8) is 0 Å². The smallest absolute Gasteiger partial charge is 0.306 e. The Bertz CT molecular complexity index is 722. The molecule has 0 saturated carbocycles. The lowest BCUT2D eigenvalue weighted by Crippen LogP contribution is -2.38. The second-order valence-electron chi connectivity index (χ2n) is 16.3. The molecule has 0 aliphatic carbocycles. The van der Waals surface area contributed by atoms with E-state index >= 15 is 0 Å². The van der Waals surface area contributed by atoms with E-state index in [2.05, 4.69) is 35.0 Å². The second-order valence-corrected chi connectivity index (χ2v) is 16.3. The average Bonchev–Trinajstić information content (AvgIpc) is 3.08. The van der Waals surface area contributed by atoms with Crippen molar-refractivity contribution < 1.29 is 28.3 Å². The Kier molecular flexibility index (Phi) is 36.8. The number of likely N-dealkylation sites (N-methyl/N-ethyl adjacent to an activating group) is 1. The molecule has 0 unspecified atom stereocenters. The highest BCUT2D eigenvalue weighted by atomic mass is 16.6. The van der Waals surface area contributed by atoms with Gasteiger partial charge in [0.05, 0.1) is 34.4 Å². The van der Waals surface area contributed by atoms with E-state index in [9.17, 15) is 9.59 Å². The number of carbonyl (C=O) groups excluding carboxylic acids is 2. The van der Waals surface area contributed by atoms with E-state index in [0.29, 0.717) is 19.4 Å². The van der Waals surface area contributed by atoms with Gasteiger partial charge >= 0.3 is 11.9 Å². The molecular weight excluding hydrogens is 622 g/mol. The van der Waals surface area contributed by atoms with Crippen LogP contribution in [-0.2, 0) is 23.8 Å². The Labute approximate surface area is 312 Å². The molecule has 0 fully saturated rings. The monoisotopic (exact) mass is 711 g/mol. The van der Waals surface area contributed by atoms with Crippen molar-refractivity contribution in [3.05, 3.63) is 0 Å². The molecule has 298 valence electrons. The minimum Gasteiger partial charge on any atom is -0.462 e. The van der Waals surface area contributed by atoms with Crippen LogP contribution in [0.25, 0.3) is 0 Å². The Morgan fingerprint density at radius 2 is 0.760 bits per heavy atom. The van der Waals surface area contributed by atoms with Gasteiger partial charge in [-0.05, 0) is 12.8 Å². The summed E-state index contributed by atoms with van der Waals surface area (Å²) in [5.74, 6) is -0.409. The average molecular weight is 711 g/mol. The van der Waals surface area contributed by atoms with Crippen molar-refractivity contribution >= 4 is 11.9 Å². The van der Waals surface area contributed by atoms with Crippen LogP contribution in [0.2, 0.25) is 0 Å². The maximum Gasteiger partial charge on any atom is 0.306 e. The van der Waals surface area contributed by atoms with Crippen LogP contribution in [0.1, 0.15) is 219 Å². The van der Waals surface area contributed by atoms with Crippen LogP contribution in [0.5, 0.6) is 0 Å². The number of nitrogens with zero attached hydrogens (tertiary/aromatic N) is 1. The molecule has 0 saturated heterocycles.